The molecule has 0 aromatic rings. The third-order valence-electron chi connectivity index (χ3n) is 12.3. The van der Waals surface area contributed by atoms with Gasteiger partial charge in [-0.2, -0.15) is 0 Å². The zero-order valence-corrected chi connectivity index (χ0v) is 39.3. The van der Waals surface area contributed by atoms with E-state index in [0.717, 1.165) is 25.2 Å². The smallest absolute Gasteiger partial charge is 0.305 e. The molecule has 334 valence electrons. The summed E-state index contributed by atoms with van der Waals surface area (Å²) in [6.07, 6.45) is 68.1. The molecule has 0 atom stereocenters. The van der Waals surface area contributed by atoms with Crippen LogP contribution in [0.4, 0.5) is 0 Å². The molecule has 0 saturated heterocycles. The normalized spacial score (nSPS) is 11.8. The molecule has 0 amide bonds. The van der Waals surface area contributed by atoms with E-state index in [1.54, 1.807) is 0 Å². The molecule has 2 heteroatoms. The Kier molecular flexibility index (Phi) is 49.6. The van der Waals surface area contributed by atoms with Gasteiger partial charge in [0.25, 0.3) is 0 Å². The topological polar surface area (TPSA) is 26.3 Å². The van der Waals surface area contributed by atoms with Crippen LogP contribution >= 0.6 is 0 Å². The molecule has 0 radical (unpaired) electrons. The van der Waals surface area contributed by atoms with Crippen molar-refractivity contribution in [2.24, 2.45) is 5.92 Å². The Balaban J connectivity index is 3.12. The zero-order valence-electron chi connectivity index (χ0n) is 39.3. The molecule has 0 aliphatic rings. The predicted octanol–water partition coefficient (Wildman–Crippen LogP) is 19.7. The van der Waals surface area contributed by atoms with Crippen LogP contribution in [-0.4, -0.2) is 12.6 Å². The number of carbonyl (C=O) groups excluding carboxylic acids is 1. The number of carbonyl (C=O) groups is 1. The van der Waals surface area contributed by atoms with Crippen molar-refractivity contribution in [2.45, 2.75) is 316 Å². The van der Waals surface area contributed by atoms with Gasteiger partial charge in [0.15, 0.2) is 0 Å². The second-order valence-corrected chi connectivity index (χ2v) is 18.7. The van der Waals surface area contributed by atoms with Gasteiger partial charge in [-0.3, -0.25) is 4.79 Å². The third kappa shape index (κ3) is 51.2. The van der Waals surface area contributed by atoms with Crippen LogP contribution in [0.2, 0.25) is 0 Å². The highest BCUT2D eigenvalue weighted by Gasteiger charge is 2.03. The monoisotopic (exact) mass is 787 g/mol. The van der Waals surface area contributed by atoms with Crippen molar-refractivity contribution < 1.29 is 9.53 Å². The van der Waals surface area contributed by atoms with Gasteiger partial charge in [-0.05, 0) is 38.0 Å². The van der Waals surface area contributed by atoms with Crippen molar-refractivity contribution in [3.05, 3.63) is 12.2 Å². The Labute approximate surface area is 355 Å². The standard InChI is InChI=1S/C54H106O2/c1-4-5-6-7-8-9-35-39-42-45-48-51-54(55)56-52-49-46-43-40-37-34-32-30-28-26-24-22-20-18-16-14-12-10-11-13-15-17-19-21-23-25-27-29-31-33-36-38-41-44-47-50-53(2)3/h7-8,53H,4-6,9-52H2,1-3H3. The van der Waals surface area contributed by atoms with Gasteiger partial charge in [0.1, 0.15) is 0 Å². The van der Waals surface area contributed by atoms with Gasteiger partial charge in [0, 0.05) is 6.42 Å². The van der Waals surface area contributed by atoms with Crippen molar-refractivity contribution in [1.82, 2.24) is 0 Å². The lowest BCUT2D eigenvalue weighted by Crippen LogP contribution is -2.05. The quantitative estimate of drug-likeness (QED) is 0.0349. The van der Waals surface area contributed by atoms with Gasteiger partial charge < -0.3 is 4.74 Å². The fourth-order valence-corrected chi connectivity index (χ4v) is 8.37. The number of unbranched alkanes of at least 4 members (excludes halogenated alkanes) is 41. The van der Waals surface area contributed by atoms with Gasteiger partial charge in [0.2, 0.25) is 0 Å². The maximum Gasteiger partial charge on any atom is 0.305 e. The lowest BCUT2D eigenvalue weighted by molar-refractivity contribution is -0.143. The maximum absolute atomic E-state index is 12.0. The first-order valence-corrected chi connectivity index (χ1v) is 26.5. The van der Waals surface area contributed by atoms with E-state index in [1.807, 2.05) is 0 Å². The second-order valence-electron chi connectivity index (χ2n) is 18.7. The molecule has 56 heavy (non-hydrogen) atoms. The molecule has 0 unspecified atom stereocenters. The van der Waals surface area contributed by atoms with E-state index in [2.05, 4.69) is 32.9 Å². The summed E-state index contributed by atoms with van der Waals surface area (Å²) < 4.78 is 5.46. The average Bonchev–Trinajstić information content (AvgIpc) is 3.19. The van der Waals surface area contributed by atoms with Crippen molar-refractivity contribution in [2.75, 3.05) is 6.61 Å². The Bertz CT molecular complexity index is 741. The number of hydrogen-bond acceptors (Lipinski definition) is 2. The first kappa shape index (κ1) is 55.2. The molecule has 2 nitrogen and oxygen atoms in total. The first-order valence-electron chi connectivity index (χ1n) is 26.5. The Hall–Kier alpha value is -0.790. The Morgan fingerprint density at radius 1 is 0.357 bits per heavy atom. The fraction of sp³-hybridized carbons (Fsp3) is 0.944. The highest BCUT2D eigenvalue weighted by molar-refractivity contribution is 5.69. The van der Waals surface area contributed by atoms with Crippen LogP contribution < -0.4 is 0 Å². The number of rotatable bonds is 49. The van der Waals surface area contributed by atoms with E-state index in [1.165, 1.54) is 270 Å². The van der Waals surface area contributed by atoms with Crippen LogP contribution in [0.5, 0.6) is 0 Å². The molecule has 0 aliphatic heterocycles. The average molecular weight is 787 g/mol. The molecule has 0 bridgehead atoms. The maximum atomic E-state index is 12.0. The summed E-state index contributed by atoms with van der Waals surface area (Å²) in [6.45, 7) is 7.58. The van der Waals surface area contributed by atoms with E-state index < -0.39 is 0 Å². The van der Waals surface area contributed by atoms with E-state index in [0.29, 0.717) is 13.0 Å². The summed E-state index contributed by atoms with van der Waals surface area (Å²) in [5.41, 5.74) is 0. The van der Waals surface area contributed by atoms with Gasteiger partial charge in [0.05, 0.1) is 6.61 Å². The molecule has 0 N–H and O–H groups in total. The Morgan fingerprint density at radius 3 is 0.946 bits per heavy atom. The number of esters is 1. The van der Waals surface area contributed by atoms with E-state index in [-0.39, 0.29) is 5.97 Å². The third-order valence-corrected chi connectivity index (χ3v) is 12.3. The minimum atomic E-state index is 0.0187. The molecule has 0 aromatic carbocycles. The minimum absolute atomic E-state index is 0.0187. The molecule has 0 aliphatic carbocycles. The van der Waals surface area contributed by atoms with E-state index >= 15 is 0 Å². The van der Waals surface area contributed by atoms with Gasteiger partial charge in [-0.1, -0.05) is 290 Å². The summed E-state index contributed by atoms with van der Waals surface area (Å²) in [6, 6.07) is 0. The second kappa shape index (κ2) is 50.4. The summed E-state index contributed by atoms with van der Waals surface area (Å²) in [5.74, 6) is 0.909. The van der Waals surface area contributed by atoms with E-state index in [9.17, 15) is 4.79 Å². The molecule has 0 aromatic heterocycles. The fourth-order valence-electron chi connectivity index (χ4n) is 8.37. The SMILES string of the molecule is CCCCC=CCCCCCCCC(=O)OCCCCCCCCCCCCCCCCCCCCCCCCCCCCCCCCCCCCCC(C)C. The van der Waals surface area contributed by atoms with Crippen LogP contribution in [0.25, 0.3) is 0 Å². The Morgan fingerprint density at radius 2 is 0.625 bits per heavy atom. The van der Waals surface area contributed by atoms with E-state index in [4.69, 9.17) is 4.74 Å². The van der Waals surface area contributed by atoms with Gasteiger partial charge in [-0.15, -0.1) is 0 Å². The highest BCUT2D eigenvalue weighted by Crippen LogP contribution is 2.18. The van der Waals surface area contributed by atoms with Crippen molar-refractivity contribution in [3.63, 3.8) is 0 Å². The molecular weight excluding hydrogens is 681 g/mol. The van der Waals surface area contributed by atoms with Crippen LogP contribution in [0.3, 0.4) is 0 Å². The van der Waals surface area contributed by atoms with Gasteiger partial charge in [-0.25, -0.2) is 0 Å². The lowest BCUT2D eigenvalue weighted by atomic mass is 10.0. The molecule has 0 spiro atoms. The minimum Gasteiger partial charge on any atom is -0.466 e. The van der Waals surface area contributed by atoms with Crippen molar-refractivity contribution in [3.8, 4) is 0 Å². The number of hydrogen-bond donors (Lipinski definition) is 0. The molecule has 0 saturated carbocycles. The van der Waals surface area contributed by atoms with Crippen molar-refractivity contribution >= 4 is 5.97 Å². The number of ether oxygens (including phenoxy) is 1. The summed E-state index contributed by atoms with van der Waals surface area (Å²) in [5, 5.41) is 0. The largest absolute Gasteiger partial charge is 0.466 e. The summed E-state index contributed by atoms with van der Waals surface area (Å²) in [7, 11) is 0. The van der Waals surface area contributed by atoms with Crippen molar-refractivity contribution in [1.29, 1.82) is 0 Å². The van der Waals surface area contributed by atoms with Gasteiger partial charge >= 0.3 is 5.97 Å². The zero-order chi connectivity index (χ0) is 40.5. The first-order chi connectivity index (χ1) is 27.7. The summed E-state index contributed by atoms with van der Waals surface area (Å²) >= 11 is 0. The predicted molar refractivity (Wildman–Crippen MR) is 253 cm³/mol. The van der Waals surface area contributed by atoms with Crippen LogP contribution in [0.15, 0.2) is 12.2 Å². The van der Waals surface area contributed by atoms with Crippen LogP contribution in [0, 0.1) is 5.92 Å². The molecular formula is C54H106O2. The number of allylic oxidation sites excluding steroid dienone is 2. The molecule has 0 fully saturated rings. The molecule has 0 heterocycles. The van der Waals surface area contributed by atoms with Crippen LogP contribution in [0.1, 0.15) is 316 Å². The summed E-state index contributed by atoms with van der Waals surface area (Å²) in [4.78, 5) is 12.0. The highest BCUT2D eigenvalue weighted by atomic mass is 16.5. The molecule has 0 rings (SSSR count). The lowest BCUT2D eigenvalue weighted by Gasteiger charge is -2.06. The van der Waals surface area contributed by atoms with Crippen LogP contribution in [-0.2, 0) is 9.53 Å².